The summed E-state index contributed by atoms with van der Waals surface area (Å²) >= 11 is 12.1. The van der Waals surface area contributed by atoms with Gasteiger partial charge in [-0.05, 0) is 98.8 Å². The third-order valence-corrected chi connectivity index (χ3v) is 9.40. The van der Waals surface area contributed by atoms with Gasteiger partial charge in [-0.15, -0.1) is 0 Å². The molecule has 7 nitrogen and oxygen atoms in total. The fraction of sp³-hybridized carbons (Fsp3) is 0.355. The van der Waals surface area contributed by atoms with Crippen LogP contribution in [0.25, 0.3) is 0 Å². The predicted molar refractivity (Wildman–Crippen MR) is 166 cm³/mol. The summed E-state index contributed by atoms with van der Waals surface area (Å²) in [6.45, 7) is 9.10. The average Bonchev–Trinajstić information content (AvgIpc) is 2.94. The van der Waals surface area contributed by atoms with Crippen molar-refractivity contribution < 1.29 is 18.0 Å². The molecule has 3 aromatic rings. The number of sulfonamides is 1. The SMILES string of the molecule is CC[C@H](C)NC(=O)[C@H](CC)N(Cc1ccc(Cl)cc1)C(=O)CN(c1ccc(C)c(C)c1)S(=O)(=O)c1ccc(Cl)cc1. The molecule has 41 heavy (non-hydrogen) atoms. The summed E-state index contributed by atoms with van der Waals surface area (Å²) in [6.07, 6.45) is 1.07. The van der Waals surface area contributed by atoms with Crippen LogP contribution in [0.4, 0.5) is 5.69 Å². The van der Waals surface area contributed by atoms with Crippen LogP contribution in [0.1, 0.15) is 50.3 Å². The molecular weight excluding hydrogens is 581 g/mol. The zero-order valence-electron chi connectivity index (χ0n) is 24.0. The summed E-state index contributed by atoms with van der Waals surface area (Å²) in [5.74, 6) is -0.802. The van der Waals surface area contributed by atoms with Gasteiger partial charge >= 0.3 is 0 Å². The van der Waals surface area contributed by atoms with Crippen LogP contribution in [-0.2, 0) is 26.2 Å². The van der Waals surface area contributed by atoms with Crippen molar-refractivity contribution in [2.45, 2.75) is 71.0 Å². The van der Waals surface area contributed by atoms with E-state index in [9.17, 15) is 18.0 Å². The van der Waals surface area contributed by atoms with Gasteiger partial charge in [0.05, 0.1) is 10.6 Å². The molecule has 0 unspecified atom stereocenters. The van der Waals surface area contributed by atoms with Gasteiger partial charge in [0.25, 0.3) is 10.0 Å². The second kappa shape index (κ2) is 14.2. The lowest BCUT2D eigenvalue weighted by Gasteiger charge is -2.34. The molecule has 2 atom stereocenters. The van der Waals surface area contributed by atoms with Crippen LogP contribution in [-0.4, -0.2) is 43.8 Å². The fourth-order valence-corrected chi connectivity index (χ4v) is 5.95. The monoisotopic (exact) mass is 617 g/mol. The van der Waals surface area contributed by atoms with E-state index in [0.717, 1.165) is 27.4 Å². The summed E-state index contributed by atoms with van der Waals surface area (Å²) < 4.78 is 29.0. The van der Waals surface area contributed by atoms with Crippen molar-refractivity contribution in [2.24, 2.45) is 0 Å². The Bertz CT molecular complexity index is 1460. The highest BCUT2D eigenvalue weighted by molar-refractivity contribution is 7.92. The zero-order valence-corrected chi connectivity index (χ0v) is 26.4. The standard InChI is InChI=1S/C31H37Cl2N3O4S/c1-6-23(5)34-31(38)29(7-2)35(19-24-9-11-25(32)12-10-24)30(37)20-36(27-15-8-21(3)22(4)18-27)41(39,40)28-16-13-26(33)14-17-28/h8-18,23,29H,6-7,19-20H2,1-5H3,(H,34,38)/t23-,29-/m0/s1. The van der Waals surface area contributed by atoms with Crippen molar-refractivity contribution in [3.8, 4) is 0 Å². The summed E-state index contributed by atoms with van der Waals surface area (Å²) in [5, 5.41) is 3.91. The molecule has 0 aliphatic heterocycles. The number of hydrogen-bond acceptors (Lipinski definition) is 4. The van der Waals surface area contributed by atoms with Crippen molar-refractivity contribution in [3.05, 3.63) is 93.5 Å². The molecule has 0 bridgehead atoms. The lowest BCUT2D eigenvalue weighted by atomic mass is 10.1. The average molecular weight is 619 g/mol. The molecule has 3 aromatic carbocycles. The van der Waals surface area contributed by atoms with Crippen molar-refractivity contribution in [3.63, 3.8) is 0 Å². The van der Waals surface area contributed by atoms with Crippen LogP contribution in [0.5, 0.6) is 0 Å². The molecule has 220 valence electrons. The number of nitrogens with one attached hydrogen (secondary N) is 1. The topological polar surface area (TPSA) is 86.8 Å². The van der Waals surface area contributed by atoms with Gasteiger partial charge < -0.3 is 10.2 Å². The molecule has 2 amide bonds. The van der Waals surface area contributed by atoms with E-state index in [-0.39, 0.29) is 23.4 Å². The maximum absolute atomic E-state index is 14.1. The lowest BCUT2D eigenvalue weighted by molar-refractivity contribution is -0.140. The molecule has 0 aliphatic rings. The number of carbonyl (C=O) groups is 2. The van der Waals surface area contributed by atoms with Gasteiger partial charge in [-0.25, -0.2) is 8.42 Å². The highest BCUT2D eigenvalue weighted by atomic mass is 35.5. The van der Waals surface area contributed by atoms with E-state index >= 15 is 0 Å². The van der Waals surface area contributed by atoms with E-state index in [1.54, 1.807) is 36.4 Å². The van der Waals surface area contributed by atoms with E-state index in [1.807, 2.05) is 40.7 Å². The predicted octanol–water partition coefficient (Wildman–Crippen LogP) is 6.53. The smallest absolute Gasteiger partial charge is 0.264 e. The van der Waals surface area contributed by atoms with Gasteiger partial charge in [-0.3, -0.25) is 13.9 Å². The van der Waals surface area contributed by atoms with E-state index in [1.165, 1.54) is 29.2 Å². The van der Waals surface area contributed by atoms with Crippen LogP contribution in [0.2, 0.25) is 10.0 Å². The van der Waals surface area contributed by atoms with Gasteiger partial charge in [0.15, 0.2) is 0 Å². The first-order chi connectivity index (χ1) is 19.4. The first-order valence-electron chi connectivity index (χ1n) is 13.6. The Kier molecular flexibility index (Phi) is 11.2. The van der Waals surface area contributed by atoms with Crippen LogP contribution < -0.4 is 9.62 Å². The first kappa shape index (κ1) is 32.4. The number of nitrogens with zero attached hydrogens (tertiary/aromatic N) is 2. The quantitative estimate of drug-likeness (QED) is 0.250. The minimum absolute atomic E-state index is 0.00117. The third kappa shape index (κ3) is 8.24. The summed E-state index contributed by atoms with van der Waals surface area (Å²) in [6, 6.07) is 17.2. The van der Waals surface area contributed by atoms with Gasteiger partial charge in [0, 0.05) is 22.6 Å². The maximum atomic E-state index is 14.1. The van der Waals surface area contributed by atoms with Gasteiger partial charge in [-0.1, -0.05) is 55.2 Å². The lowest BCUT2D eigenvalue weighted by Crippen LogP contribution is -2.53. The molecule has 0 fully saturated rings. The van der Waals surface area contributed by atoms with Crippen LogP contribution in [0.3, 0.4) is 0 Å². The molecule has 0 spiro atoms. The van der Waals surface area contributed by atoms with Crippen molar-refractivity contribution >= 4 is 50.7 Å². The molecule has 0 heterocycles. The Morgan fingerprint density at radius 3 is 1.98 bits per heavy atom. The molecule has 0 radical (unpaired) electrons. The van der Waals surface area contributed by atoms with E-state index < -0.39 is 28.5 Å². The number of rotatable bonds is 12. The minimum atomic E-state index is -4.17. The molecule has 0 saturated heterocycles. The van der Waals surface area contributed by atoms with E-state index in [0.29, 0.717) is 22.2 Å². The Morgan fingerprint density at radius 1 is 0.854 bits per heavy atom. The number of halogens is 2. The molecule has 10 heteroatoms. The Hall–Kier alpha value is -3.07. The van der Waals surface area contributed by atoms with Crippen molar-refractivity contribution in [1.82, 2.24) is 10.2 Å². The zero-order chi connectivity index (χ0) is 30.3. The Balaban J connectivity index is 2.08. The second-order valence-corrected chi connectivity index (χ2v) is 12.9. The van der Waals surface area contributed by atoms with E-state index in [4.69, 9.17) is 23.2 Å². The minimum Gasteiger partial charge on any atom is -0.352 e. The molecule has 1 N–H and O–H groups in total. The fourth-order valence-electron chi connectivity index (χ4n) is 4.29. The number of hydrogen-bond donors (Lipinski definition) is 1. The summed E-state index contributed by atoms with van der Waals surface area (Å²) in [5.41, 5.74) is 2.97. The molecule has 0 aliphatic carbocycles. The number of aryl methyl sites for hydroxylation is 2. The number of anilines is 1. The van der Waals surface area contributed by atoms with Crippen molar-refractivity contribution in [1.29, 1.82) is 0 Å². The van der Waals surface area contributed by atoms with Gasteiger partial charge in [0.2, 0.25) is 11.8 Å². The Morgan fingerprint density at radius 2 is 1.44 bits per heavy atom. The number of benzene rings is 3. The van der Waals surface area contributed by atoms with Gasteiger partial charge in [-0.2, -0.15) is 0 Å². The number of carbonyl (C=O) groups excluding carboxylic acids is 2. The first-order valence-corrected chi connectivity index (χ1v) is 15.8. The molecule has 0 saturated carbocycles. The van der Waals surface area contributed by atoms with Crippen LogP contribution in [0.15, 0.2) is 71.6 Å². The van der Waals surface area contributed by atoms with Crippen molar-refractivity contribution in [2.75, 3.05) is 10.8 Å². The molecular formula is C31H37Cl2N3O4S. The summed E-state index contributed by atoms with van der Waals surface area (Å²) in [7, 11) is -4.17. The number of amides is 2. The molecule has 0 aromatic heterocycles. The van der Waals surface area contributed by atoms with Crippen LogP contribution in [0, 0.1) is 13.8 Å². The maximum Gasteiger partial charge on any atom is 0.264 e. The summed E-state index contributed by atoms with van der Waals surface area (Å²) in [4.78, 5) is 28.9. The molecule has 3 rings (SSSR count). The largest absolute Gasteiger partial charge is 0.352 e. The van der Waals surface area contributed by atoms with E-state index in [2.05, 4.69) is 5.32 Å². The normalized spacial score (nSPS) is 12.9. The second-order valence-electron chi connectivity index (χ2n) is 10.1. The van der Waals surface area contributed by atoms with Gasteiger partial charge in [0.1, 0.15) is 12.6 Å². The highest BCUT2D eigenvalue weighted by Crippen LogP contribution is 2.27. The third-order valence-electron chi connectivity index (χ3n) is 7.11. The Labute approximate surface area is 253 Å². The van der Waals surface area contributed by atoms with Crippen LogP contribution >= 0.6 is 23.2 Å². The highest BCUT2D eigenvalue weighted by Gasteiger charge is 2.34.